The van der Waals surface area contributed by atoms with E-state index >= 15 is 0 Å². The summed E-state index contributed by atoms with van der Waals surface area (Å²) < 4.78 is 0. The second-order valence-electron chi connectivity index (χ2n) is 5.94. The van der Waals surface area contributed by atoms with E-state index < -0.39 is 0 Å². The molecule has 1 fully saturated rings. The average Bonchev–Trinajstić information content (AvgIpc) is 2.63. The van der Waals surface area contributed by atoms with Gasteiger partial charge in [-0.1, -0.05) is 32.3 Å². The molecule has 0 amide bonds. The number of nitrogens with zero attached hydrogens (tertiary/aromatic N) is 1. The maximum absolute atomic E-state index is 5.76. The lowest BCUT2D eigenvalue weighted by molar-refractivity contribution is -0.0578. The predicted molar refractivity (Wildman–Crippen MR) is 67.6 cm³/mol. The van der Waals surface area contributed by atoms with Crippen LogP contribution in [0.2, 0.25) is 0 Å². The molecular formula is C14H25NO. The van der Waals surface area contributed by atoms with E-state index in [1.807, 2.05) is 0 Å². The molecule has 0 aromatic heterocycles. The monoisotopic (exact) mass is 223 g/mol. The van der Waals surface area contributed by atoms with Crippen LogP contribution in [0, 0.1) is 11.8 Å². The summed E-state index contributed by atoms with van der Waals surface area (Å²) in [5.74, 6) is 1.74. The standard InChI is InChI=1S/C14H25NO/c1-4-5-13-10-14(16-15-13)8-6-12(7-9-14)11(2)3/h11-12H,4-10H2,1-3H3. The van der Waals surface area contributed by atoms with Gasteiger partial charge in [-0.3, -0.25) is 0 Å². The van der Waals surface area contributed by atoms with Gasteiger partial charge in [0, 0.05) is 6.42 Å². The number of oxime groups is 1. The van der Waals surface area contributed by atoms with Crippen LogP contribution in [-0.2, 0) is 4.84 Å². The molecule has 2 rings (SSSR count). The zero-order chi connectivity index (χ0) is 11.6. The Bertz CT molecular complexity index is 262. The van der Waals surface area contributed by atoms with Crippen LogP contribution in [0.25, 0.3) is 0 Å². The van der Waals surface area contributed by atoms with Crippen LogP contribution in [0.1, 0.15) is 65.7 Å². The first kappa shape index (κ1) is 11.9. The lowest BCUT2D eigenvalue weighted by atomic mass is 9.73. The molecule has 92 valence electrons. The lowest BCUT2D eigenvalue weighted by Crippen LogP contribution is -2.35. The minimum Gasteiger partial charge on any atom is -0.389 e. The van der Waals surface area contributed by atoms with Gasteiger partial charge in [-0.05, 0) is 43.9 Å². The quantitative estimate of drug-likeness (QED) is 0.704. The molecular weight excluding hydrogens is 198 g/mol. The van der Waals surface area contributed by atoms with Crippen LogP contribution in [0.5, 0.6) is 0 Å². The Hall–Kier alpha value is -0.530. The van der Waals surface area contributed by atoms with E-state index in [0.29, 0.717) is 0 Å². The fraction of sp³-hybridized carbons (Fsp3) is 0.929. The van der Waals surface area contributed by atoms with E-state index in [-0.39, 0.29) is 5.60 Å². The van der Waals surface area contributed by atoms with Crippen LogP contribution in [0.3, 0.4) is 0 Å². The van der Waals surface area contributed by atoms with Crippen molar-refractivity contribution in [3.8, 4) is 0 Å². The molecule has 2 aliphatic rings. The van der Waals surface area contributed by atoms with Crippen molar-refractivity contribution in [2.45, 2.75) is 71.3 Å². The van der Waals surface area contributed by atoms with Crippen molar-refractivity contribution in [1.82, 2.24) is 0 Å². The van der Waals surface area contributed by atoms with E-state index in [9.17, 15) is 0 Å². The van der Waals surface area contributed by atoms with E-state index in [2.05, 4.69) is 25.9 Å². The molecule has 0 aromatic carbocycles. The molecule has 1 spiro atoms. The summed E-state index contributed by atoms with van der Waals surface area (Å²) in [6, 6.07) is 0. The van der Waals surface area contributed by atoms with Gasteiger partial charge in [0.25, 0.3) is 0 Å². The second-order valence-corrected chi connectivity index (χ2v) is 5.94. The zero-order valence-corrected chi connectivity index (χ0v) is 11.0. The molecule has 0 atom stereocenters. The molecule has 1 aliphatic heterocycles. The minimum atomic E-state index is 0.107. The number of hydrogen-bond donors (Lipinski definition) is 0. The smallest absolute Gasteiger partial charge is 0.143 e. The Morgan fingerprint density at radius 2 is 2.06 bits per heavy atom. The van der Waals surface area contributed by atoms with Gasteiger partial charge < -0.3 is 4.84 Å². The normalized spacial score (nSPS) is 34.2. The average molecular weight is 223 g/mol. The minimum absolute atomic E-state index is 0.107. The molecule has 0 radical (unpaired) electrons. The molecule has 0 aromatic rings. The first-order valence-electron chi connectivity index (χ1n) is 6.89. The summed E-state index contributed by atoms with van der Waals surface area (Å²) in [5, 5.41) is 4.29. The van der Waals surface area contributed by atoms with Crippen molar-refractivity contribution in [2.24, 2.45) is 17.0 Å². The summed E-state index contributed by atoms with van der Waals surface area (Å²) in [4.78, 5) is 5.76. The summed E-state index contributed by atoms with van der Waals surface area (Å²) in [5.41, 5.74) is 1.40. The summed E-state index contributed by atoms with van der Waals surface area (Å²) in [6.45, 7) is 6.90. The molecule has 1 aliphatic carbocycles. The molecule has 0 saturated heterocycles. The van der Waals surface area contributed by atoms with Crippen molar-refractivity contribution in [1.29, 1.82) is 0 Å². The van der Waals surface area contributed by atoms with Crippen LogP contribution in [-0.4, -0.2) is 11.3 Å². The third-order valence-electron chi connectivity index (χ3n) is 4.32. The van der Waals surface area contributed by atoms with Crippen LogP contribution in [0.4, 0.5) is 0 Å². The molecule has 1 saturated carbocycles. The molecule has 0 N–H and O–H groups in total. The summed E-state index contributed by atoms with van der Waals surface area (Å²) in [6.07, 6.45) is 8.49. The van der Waals surface area contributed by atoms with E-state index in [1.165, 1.54) is 37.8 Å². The second kappa shape index (κ2) is 4.77. The maximum atomic E-state index is 5.76. The molecule has 0 unspecified atom stereocenters. The number of rotatable bonds is 3. The Morgan fingerprint density at radius 1 is 1.38 bits per heavy atom. The Kier molecular flexibility index (Phi) is 3.56. The first-order valence-corrected chi connectivity index (χ1v) is 6.89. The van der Waals surface area contributed by atoms with Crippen molar-refractivity contribution in [2.75, 3.05) is 0 Å². The SMILES string of the molecule is CCCC1=NOC2(CCC(C(C)C)CC2)C1. The third-order valence-corrected chi connectivity index (χ3v) is 4.32. The summed E-state index contributed by atoms with van der Waals surface area (Å²) in [7, 11) is 0. The first-order chi connectivity index (χ1) is 7.65. The Balaban J connectivity index is 1.86. The van der Waals surface area contributed by atoms with Crippen molar-refractivity contribution >= 4 is 5.71 Å². The Morgan fingerprint density at radius 3 is 2.62 bits per heavy atom. The molecule has 2 nitrogen and oxygen atoms in total. The number of hydrogen-bond acceptors (Lipinski definition) is 2. The fourth-order valence-corrected chi connectivity index (χ4v) is 3.12. The zero-order valence-electron chi connectivity index (χ0n) is 11.0. The van der Waals surface area contributed by atoms with Gasteiger partial charge in [-0.15, -0.1) is 0 Å². The lowest BCUT2D eigenvalue weighted by Gasteiger charge is -2.36. The highest BCUT2D eigenvalue weighted by Gasteiger charge is 2.42. The highest BCUT2D eigenvalue weighted by Crippen LogP contribution is 2.42. The van der Waals surface area contributed by atoms with Gasteiger partial charge in [0.05, 0.1) is 5.71 Å². The largest absolute Gasteiger partial charge is 0.389 e. The van der Waals surface area contributed by atoms with Crippen molar-refractivity contribution in [3.63, 3.8) is 0 Å². The van der Waals surface area contributed by atoms with Gasteiger partial charge >= 0.3 is 0 Å². The fourth-order valence-electron chi connectivity index (χ4n) is 3.12. The maximum Gasteiger partial charge on any atom is 0.143 e. The Labute approximate surface area is 99.4 Å². The molecule has 2 heteroatoms. The van der Waals surface area contributed by atoms with Crippen LogP contribution in [0.15, 0.2) is 5.16 Å². The summed E-state index contributed by atoms with van der Waals surface area (Å²) >= 11 is 0. The highest BCUT2D eigenvalue weighted by molar-refractivity contribution is 5.86. The van der Waals surface area contributed by atoms with E-state index in [4.69, 9.17) is 4.84 Å². The van der Waals surface area contributed by atoms with Gasteiger partial charge in [0.2, 0.25) is 0 Å². The predicted octanol–water partition coefficient (Wildman–Crippen LogP) is 4.15. The van der Waals surface area contributed by atoms with Gasteiger partial charge in [0.15, 0.2) is 0 Å². The highest BCUT2D eigenvalue weighted by atomic mass is 16.7. The third kappa shape index (κ3) is 2.41. The van der Waals surface area contributed by atoms with Crippen LogP contribution < -0.4 is 0 Å². The topological polar surface area (TPSA) is 21.6 Å². The van der Waals surface area contributed by atoms with Gasteiger partial charge in [-0.25, -0.2) is 0 Å². The van der Waals surface area contributed by atoms with E-state index in [0.717, 1.165) is 24.7 Å². The molecule has 1 heterocycles. The van der Waals surface area contributed by atoms with Crippen molar-refractivity contribution < 1.29 is 4.84 Å². The van der Waals surface area contributed by atoms with Gasteiger partial charge in [-0.2, -0.15) is 0 Å². The van der Waals surface area contributed by atoms with Crippen molar-refractivity contribution in [3.05, 3.63) is 0 Å². The van der Waals surface area contributed by atoms with Gasteiger partial charge in [0.1, 0.15) is 5.60 Å². The van der Waals surface area contributed by atoms with E-state index in [1.54, 1.807) is 0 Å². The molecule has 0 bridgehead atoms. The molecule has 16 heavy (non-hydrogen) atoms. The van der Waals surface area contributed by atoms with Crippen LogP contribution >= 0.6 is 0 Å².